The molecule has 0 bridgehead atoms. The molecule has 1 N–H and O–H groups in total. The number of hydrogen-bond acceptors (Lipinski definition) is 5. The number of benzene rings is 2. The van der Waals surface area contributed by atoms with E-state index in [1.165, 1.54) is 19.3 Å². The van der Waals surface area contributed by atoms with E-state index in [1.54, 1.807) is 30.3 Å². The summed E-state index contributed by atoms with van der Waals surface area (Å²) in [4.78, 5) is 14.2. The van der Waals surface area contributed by atoms with Gasteiger partial charge in [-0.15, -0.1) is 0 Å². The van der Waals surface area contributed by atoms with Crippen molar-refractivity contribution in [3.8, 4) is 11.5 Å². The van der Waals surface area contributed by atoms with Gasteiger partial charge in [0.15, 0.2) is 11.5 Å². The molecule has 30 heavy (non-hydrogen) atoms. The van der Waals surface area contributed by atoms with Crippen molar-refractivity contribution < 1.29 is 23.4 Å². The van der Waals surface area contributed by atoms with Crippen LogP contribution >= 0.6 is 11.6 Å². The Bertz CT molecular complexity index is 930. The van der Waals surface area contributed by atoms with Gasteiger partial charge < -0.3 is 24.4 Å². The van der Waals surface area contributed by atoms with Crippen molar-refractivity contribution >= 4 is 35.0 Å². The zero-order chi connectivity index (χ0) is 21.5. The Labute approximate surface area is 180 Å². The quantitative estimate of drug-likeness (QED) is 0.655. The van der Waals surface area contributed by atoms with Crippen LogP contribution in [0, 0.1) is 5.82 Å². The van der Waals surface area contributed by atoms with Gasteiger partial charge in [0.1, 0.15) is 5.82 Å². The van der Waals surface area contributed by atoms with Crippen molar-refractivity contribution in [2.75, 3.05) is 50.2 Å². The topological polar surface area (TPSA) is 60.0 Å². The third kappa shape index (κ3) is 5.43. The molecular formula is C22H24ClFN2O4. The van der Waals surface area contributed by atoms with Crippen LogP contribution in [0.25, 0.3) is 6.08 Å². The Morgan fingerprint density at radius 2 is 2.07 bits per heavy atom. The number of anilines is 2. The maximum Gasteiger partial charge on any atom is 0.248 e. The van der Waals surface area contributed by atoms with E-state index in [1.807, 2.05) is 11.8 Å². The van der Waals surface area contributed by atoms with Crippen molar-refractivity contribution in [2.45, 2.75) is 6.92 Å². The first-order chi connectivity index (χ1) is 14.5. The summed E-state index contributed by atoms with van der Waals surface area (Å²) in [7, 11) is 1.51. The van der Waals surface area contributed by atoms with E-state index in [0.717, 1.165) is 0 Å². The molecule has 0 atom stereocenters. The number of halogens is 2. The first kappa shape index (κ1) is 21.9. The summed E-state index contributed by atoms with van der Waals surface area (Å²) >= 11 is 6.22. The number of nitrogens with one attached hydrogen (secondary N) is 1. The maximum absolute atomic E-state index is 14.5. The zero-order valence-corrected chi connectivity index (χ0v) is 17.7. The summed E-state index contributed by atoms with van der Waals surface area (Å²) in [6, 6.07) is 8.06. The van der Waals surface area contributed by atoms with Crippen LogP contribution in [0.1, 0.15) is 12.5 Å². The first-order valence-corrected chi connectivity index (χ1v) is 10.0. The molecule has 0 aliphatic carbocycles. The fourth-order valence-electron chi connectivity index (χ4n) is 3.15. The Morgan fingerprint density at radius 3 is 2.73 bits per heavy atom. The van der Waals surface area contributed by atoms with Crippen molar-refractivity contribution in [1.82, 2.24) is 0 Å². The number of morpholine rings is 1. The molecule has 1 aliphatic rings. The van der Waals surface area contributed by atoms with E-state index >= 15 is 0 Å². The van der Waals surface area contributed by atoms with Crippen LogP contribution in [0.15, 0.2) is 36.4 Å². The minimum Gasteiger partial charge on any atom is -0.491 e. The fourth-order valence-corrected chi connectivity index (χ4v) is 3.44. The van der Waals surface area contributed by atoms with E-state index in [9.17, 15) is 9.18 Å². The molecule has 2 aromatic carbocycles. The van der Waals surface area contributed by atoms with E-state index in [4.69, 9.17) is 25.8 Å². The summed E-state index contributed by atoms with van der Waals surface area (Å²) in [6.07, 6.45) is 2.95. The first-order valence-electron chi connectivity index (χ1n) is 9.63. The highest BCUT2D eigenvalue weighted by molar-refractivity contribution is 6.32. The second kappa shape index (κ2) is 10.3. The predicted octanol–water partition coefficient (Wildman–Crippen LogP) is 4.37. The molecule has 0 unspecified atom stereocenters. The van der Waals surface area contributed by atoms with Gasteiger partial charge in [0, 0.05) is 24.9 Å². The van der Waals surface area contributed by atoms with Crippen LogP contribution in [0.3, 0.4) is 0 Å². The smallest absolute Gasteiger partial charge is 0.248 e. The Hall–Kier alpha value is -2.77. The molecule has 0 spiro atoms. The lowest BCUT2D eigenvalue weighted by molar-refractivity contribution is -0.111. The van der Waals surface area contributed by atoms with E-state index in [0.29, 0.717) is 66.4 Å². The molecule has 0 aromatic heterocycles. The number of hydrogen-bond donors (Lipinski definition) is 1. The largest absolute Gasteiger partial charge is 0.491 e. The minimum absolute atomic E-state index is 0.377. The fraction of sp³-hybridized carbons (Fsp3) is 0.318. The van der Waals surface area contributed by atoms with Gasteiger partial charge in [0.2, 0.25) is 5.91 Å². The lowest BCUT2D eigenvalue weighted by Crippen LogP contribution is -2.36. The number of ether oxygens (including phenoxy) is 3. The van der Waals surface area contributed by atoms with Crippen LogP contribution in [-0.2, 0) is 9.53 Å². The third-order valence-corrected chi connectivity index (χ3v) is 4.81. The molecule has 3 rings (SSSR count). The molecule has 1 fully saturated rings. The Balaban J connectivity index is 1.68. The molecule has 2 aromatic rings. The Morgan fingerprint density at radius 1 is 1.30 bits per heavy atom. The molecule has 0 saturated carbocycles. The number of nitrogens with zero attached hydrogens (tertiary/aromatic N) is 1. The number of amides is 1. The minimum atomic E-state index is -0.390. The summed E-state index contributed by atoms with van der Waals surface area (Å²) in [5, 5.41) is 3.04. The number of rotatable bonds is 7. The average Bonchev–Trinajstić information content (AvgIpc) is 2.73. The van der Waals surface area contributed by atoms with Gasteiger partial charge in [0.25, 0.3) is 0 Å². The number of methoxy groups -OCH3 is 1. The van der Waals surface area contributed by atoms with Gasteiger partial charge in [-0.2, -0.15) is 0 Å². The second-order valence-electron chi connectivity index (χ2n) is 6.56. The van der Waals surface area contributed by atoms with Crippen molar-refractivity contribution in [1.29, 1.82) is 0 Å². The normalized spacial score (nSPS) is 14.1. The average molecular weight is 435 g/mol. The van der Waals surface area contributed by atoms with Crippen LogP contribution < -0.4 is 19.7 Å². The highest BCUT2D eigenvalue weighted by Gasteiger charge is 2.15. The van der Waals surface area contributed by atoms with Gasteiger partial charge in [-0.05, 0) is 48.9 Å². The van der Waals surface area contributed by atoms with Gasteiger partial charge in [-0.3, -0.25) is 4.79 Å². The molecule has 1 aliphatic heterocycles. The van der Waals surface area contributed by atoms with Crippen molar-refractivity contribution in [2.24, 2.45) is 0 Å². The van der Waals surface area contributed by atoms with Crippen molar-refractivity contribution in [3.05, 3.63) is 52.8 Å². The number of carbonyl (C=O) groups excluding carboxylic acids is 1. The van der Waals surface area contributed by atoms with Crippen molar-refractivity contribution in [3.63, 3.8) is 0 Å². The lowest BCUT2D eigenvalue weighted by Gasteiger charge is -2.29. The van der Waals surface area contributed by atoms with E-state index < -0.39 is 5.91 Å². The molecule has 1 heterocycles. The third-order valence-electron chi connectivity index (χ3n) is 4.53. The van der Waals surface area contributed by atoms with Crippen LogP contribution in [-0.4, -0.2) is 45.9 Å². The zero-order valence-electron chi connectivity index (χ0n) is 16.9. The highest BCUT2D eigenvalue weighted by Crippen LogP contribution is 2.36. The molecule has 8 heteroatoms. The lowest BCUT2D eigenvalue weighted by atomic mass is 10.2. The van der Waals surface area contributed by atoms with Crippen LogP contribution in [0.4, 0.5) is 15.8 Å². The maximum atomic E-state index is 14.5. The molecule has 160 valence electrons. The van der Waals surface area contributed by atoms with Crippen LogP contribution in [0.2, 0.25) is 5.02 Å². The highest BCUT2D eigenvalue weighted by atomic mass is 35.5. The van der Waals surface area contributed by atoms with E-state index in [-0.39, 0.29) is 5.82 Å². The van der Waals surface area contributed by atoms with Gasteiger partial charge in [0.05, 0.1) is 37.6 Å². The molecule has 1 amide bonds. The molecule has 6 nitrogen and oxygen atoms in total. The van der Waals surface area contributed by atoms with Crippen LogP contribution in [0.5, 0.6) is 11.5 Å². The molecular weight excluding hydrogens is 411 g/mol. The standard InChI is InChI=1S/C22H24ClFN2O4/c1-3-30-20-13-15(12-17(23)22(20)28-2)4-7-21(27)25-16-5-6-19(18(24)14-16)26-8-10-29-11-9-26/h4-7,12-14H,3,8-11H2,1-2H3,(H,25,27)/b7-4+. The second-order valence-corrected chi connectivity index (χ2v) is 6.96. The van der Waals surface area contributed by atoms with Gasteiger partial charge in [-0.25, -0.2) is 4.39 Å². The van der Waals surface area contributed by atoms with Gasteiger partial charge in [-0.1, -0.05) is 11.6 Å². The summed E-state index contributed by atoms with van der Waals surface area (Å²) in [5.74, 6) is 0.157. The monoisotopic (exact) mass is 434 g/mol. The predicted molar refractivity (Wildman–Crippen MR) is 116 cm³/mol. The summed E-state index contributed by atoms with van der Waals surface area (Å²) in [5.41, 5.74) is 1.55. The van der Waals surface area contributed by atoms with E-state index in [2.05, 4.69) is 5.32 Å². The summed E-state index contributed by atoms with van der Waals surface area (Å²) in [6.45, 7) is 4.73. The Kier molecular flexibility index (Phi) is 7.54. The summed E-state index contributed by atoms with van der Waals surface area (Å²) < 4.78 is 30.5. The SMILES string of the molecule is CCOc1cc(/C=C/C(=O)Nc2ccc(N3CCOCC3)c(F)c2)cc(Cl)c1OC. The molecule has 0 radical (unpaired) electrons. The number of carbonyl (C=O) groups is 1. The van der Waals surface area contributed by atoms with Gasteiger partial charge >= 0.3 is 0 Å². The molecule has 1 saturated heterocycles.